The van der Waals surface area contributed by atoms with Gasteiger partial charge in [0.2, 0.25) is 0 Å². The Balaban J connectivity index is 3.08. The van der Waals surface area contributed by atoms with Gasteiger partial charge < -0.3 is 15.6 Å². The Morgan fingerprint density at radius 3 is 2.23 bits per heavy atom. The van der Waals surface area contributed by atoms with E-state index in [9.17, 15) is 9.90 Å². The Morgan fingerprint density at radius 1 is 1.38 bits per heavy atom. The maximum absolute atomic E-state index is 10.7. The molecule has 0 saturated heterocycles. The van der Waals surface area contributed by atoms with Crippen molar-refractivity contribution in [3.05, 3.63) is 35.4 Å². The zero-order valence-corrected chi connectivity index (χ0v) is 7.83. The molecule has 0 spiro atoms. The highest BCUT2D eigenvalue weighted by atomic mass is 16.4. The van der Waals surface area contributed by atoms with E-state index in [0.717, 1.165) is 5.56 Å². The molecule has 0 aliphatic rings. The molecule has 0 saturated carbocycles. The minimum Gasteiger partial charge on any atom is -0.543 e. The van der Waals surface area contributed by atoms with Gasteiger partial charge in [0, 0.05) is 12.5 Å². The molecule has 1 atom stereocenters. The number of carbonyl (C=O) groups excluding carboxylic acids is 1. The van der Waals surface area contributed by atoms with E-state index in [1.54, 1.807) is 12.1 Å². The van der Waals surface area contributed by atoms with Crippen LogP contribution in [0.25, 0.3) is 0 Å². The van der Waals surface area contributed by atoms with Crippen LogP contribution >= 0.6 is 0 Å². The molecule has 70 valence electrons. The molecular weight excluding hydrogens is 166 g/mol. The monoisotopic (exact) mass is 179 g/mol. The summed E-state index contributed by atoms with van der Waals surface area (Å²) in [4.78, 5) is 10.7. The molecule has 0 fully saturated rings. The molecule has 0 bridgehead atoms. The van der Waals surface area contributed by atoms with Crippen LogP contribution in [0.4, 0.5) is 0 Å². The largest absolute Gasteiger partial charge is 0.543 e. The first-order chi connectivity index (χ1) is 5.94. The van der Waals surface area contributed by atoms with Crippen LogP contribution in [0.5, 0.6) is 0 Å². The number of rotatable bonds is 2. The summed E-state index contributed by atoms with van der Waals surface area (Å²) in [5.41, 5.74) is 4.21. The number of aliphatic carboxylic acids is 1. The van der Waals surface area contributed by atoms with Crippen LogP contribution in [0.1, 0.15) is 18.1 Å². The molecule has 0 unspecified atom stereocenters. The van der Waals surface area contributed by atoms with E-state index in [-0.39, 0.29) is 0 Å². The van der Waals surface area contributed by atoms with Crippen molar-refractivity contribution < 1.29 is 15.6 Å². The van der Waals surface area contributed by atoms with Crippen LogP contribution in [-0.2, 0) is 10.3 Å². The van der Waals surface area contributed by atoms with E-state index in [0.29, 0.717) is 5.56 Å². The summed E-state index contributed by atoms with van der Waals surface area (Å²) in [6.45, 7) is 3.48. The highest BCUT2D eigenvalue weighted by Crippen LogP contribution is 2.15. The van der Waals surface area contributed by atoms with E-state index < -0.39 is 11.5 Å². The van der Waals surface area contributed by atoms with E-state index in [2.05, 4.69) is 5.73 Å². The summed E-state index contributed by atoms with van der Waals surface area (Å²) in [6, 6.07) is 7.25. The molecular formula is C10H13NO2. The minimum absolute atomic E-state index is 0.665. The van der Waals surface area contributed by atoms with Crippen LogP contribution in [0, 0.1) is 6.92 Å². The molecule has 0 radical (unpaired) electrons. The number of carboxylic acid groups (broad SMARTS) is 1. The zero-order chi connectivity index (χ0) is 10.1. The summed E-state index contributed by atoms with van der Waals surface area (Å²) >= 11 is 0. The van der Waals surface area contributed by atoms with Crippen molar-refractivity contribution in [2.75, 3.05) is 0 Å². The normalized spacial score (nSPS) is 15.0. The lowest BCUT2D eigenvalue weighted by Crippen LogP contribution is -2.75. The van der Waals surface area contributed by atoms with Gasteiger partial charge in [-0.25, -0.2) is 0 Å². The first-order valence-electron chi connectivity index (χ1n) is 4.08. The van der Waals surface area contributed by atoms with Crippen LogP contribution in [0.3, 0.4) is 0 Å². The van der Waals surface area contributed by atoms with Crippen molar-refractivity contribution in [2.24, 2.45) is 0 Å². The van der Waals surface area contributed by atoms with Crippen LogP contribution < -0.4 is 10.8 Å². The topological polar surface area (TPSA) is 67.8 Å². The predicted molar refractivity (Wildman–Crippen MR) is 46.4 cm³/mol. The van der Waals surface area contributed by atoms with Gasteiger partial charge in [0.1, 0.15) is 5.97 Å². The Morgan fingerprint density at radius 2 is 1.85 bits per heavy atom. The highest BCUT2D eigenvalue weighted by Gasteiger charge is 2.26. The van der Waals surface area contributed by atoms with Gasteiger partial charge in [0.05, 0.1) is 0 Å². The molecule has 0 aromatic heterocycles. The highest BCUT2D eigenvalue weighted by molar-refractivity contribution is 5.76. The zero-order valence-electron chi connectivity index (χ0n) is 7.83. The molecule has 0 amide bonds. The fourth-order valence-corrected chi connectivity index (χ4v) is 1.04. The Labute approximate surface area is 77.2 Å². The average Bonchev–Trinajstić information content (AvgIpc) is 2.04. The number of quaternary nitrogens is 1. The SMILES string of the molecule is Cc1ccc([C@@](C)([NH3+])C(=O)[O-])cc1. The average molecular weight is 179 g/mol. The molecule has 13 heavy (non-hydrogen) atoms. The van der Waals surface area contributed by atoms with Gasteiger partial charge in [0.15, 0.2) is 5.54 Å². The Hall–Kier alpha value is -1.35. The number of hydrogen-bond donors (Lipinski definition) is 1. The Kier molecular flexibility index (Phi) is 2.38. The van der Waals surface area contributed by atoms with Crippen molar-refractivity contribution in [3.8, 4) is 0 Å². The molecule has 0 aliphatic carbocycles. The van der Waals surface area contributed by atoms with Gasteiger partial charge in [0.25, 0.3) is 0 Å². The van der Waals surface area contributed by atoms with Crippen molar-refractivity contribution in [1.82, 2.24) is 0 Å². The van der Waals surface area contributed by atoms with Gasteiger partial charge in [-0.15, -0.1) is 0 Å². The van der Waals surface area contributed by atoms with Gasteiger partial charge >= 0.3 is 0 Å². The van der Waals surface area contributed by atoms with E-state index >= 15 is 0 Å². The van der Waals surface area contributed by atoms with Crippen LogP contribution in [0.2, 0.25) is 0 Å². The van der Waals surface area contributed by atoms with Crippen molar-refractivity contribution in [2.45, 2.75) is 19.4 Å². The molecule has 1 rings (SSSR count). The van der Waals surface area contributed by atoms with Crippen LogP contribution in [-0.4, -0.2) is 5.97 Å². The number of benzene rings is 1. The lowest BCUT2D eigenvalue weighted by atomic mass is 9.93. The number of hydrogen-bond acceptors (Lipinski definition) is 2. The summed E-state index contributed by atoms with van der Waals surface area (Å²) in [7, 11) is 0. The molecule has 1 aromatic rings. The van der Waals surface area contributed by atoms with Crippen molar-refractivity contribution in [3.63, 3.8) is 0 Å². The third kappa shape index (κ3) is 1.87. The fourth-order valence-electron chi connectivity index (χ4n) is 1.04. The van der Waals surface area contributed by atoms with E-state index in [4.69, 9.17) is 0 Å². The lowest BCUT2D eigenvalue weighted by Gasteiger charge is -2.22. The molecule has 0 aliphatic heterocycles. The maximum atomic E-state index is 10.7. The quantitative estimate of drug-likeness (QED) is 0.646. The summed E-state index contributed by atoms with van der Waals surface area (Å²) in [6.07, 6.45) is 0. The standard InChI is InChI=1S/C10H13NO2/c1-7-3-5-8(6-4-7)10(2,11)9(12)13/h3-6H,11H2,1-2H3,(H,12,13)/t10-/m1/s1. The summed E-state index contributed by atoms with van der Waals surface area (Å²) < 4.78 is 0. The summed E-state index contributed by atoms with van der Waals surface area (Å²) in [5, 5.41) is 10.7. The second kappa shape index (κ2) is 3.18. The molecule has 3 heteroatoms. The first kappa shape index (κ1) is 9.74. The lowest BCUT2D eigenvalue weighted by molar-refractivity contribution is -0.489. The fraction of sp³-hybridized carbons (Fsp3) is 0.300. The second-order valence-corrected chi connectivity index (χ2v) is 3.49. The molecule has 3 N–H and O–H groups in total. The molecule has 0 heterocycles. The van der Waals surface area contributed by atoms with Gasteiger partial charge in [-0.3, -0.25) is 0 Å². The first-order valence-corrected chi connectivity index (χ1v) is 4.08. The number of aryl methyl sites for hydroxylation is 1. The van der Waals surface area contributed by atoms with Crippen LogP contribution in [0.15, 0.2) is 24.3 Å². The van der Waals surface area contributed by atoms with Gasteiger partial charge in [-0.1, -0.05) is 29.8 Å². The minimum atomic E-state index is -1.16. The third-order valence-corrected chi connectivity index (χ3v) is 2.14. The second-order valence-electron chi connectivity index (χ2n) is 3.49. The molecule has 3 nitrogen and oxygen atoms in total. The van der Waals surface area contributed by atoms with E-state index in [1.807, 2.05) is 19.1 Å². The predicted octanol–water partition coefficient (Wildman–Crippen LogP) is -0.798. The summed E-state index contributed by atoms with van der Waals surface area (Å²) in [5.74, 6) is -1.16. The smallest absolute Gasteiger partial charge is 0.157 e. The number of carbonyl (C=O) groups is 1. The van der Waals surface area contributed by atoms with Gasteiger partial charge in [-0.2, -0.15) is 0 Å². The number of carboxylic acids is 1. The van der Waals surface area contributed by atoms with Crippen molar-refractivity contribution >= 4 is 5.97 Å². The Bertz CT molecular complexity index is 314. The molecule has 1 aromatic carbocycles. The van der Waals surface area contributed by atoms with Crippen molar-refractivity contribution in [1.29, 1.82) is 0 Å². The maximum Gasteiger partial charge on any atom is 0.157 e. The van der Waals surface area contributed by atoms with E-state index in [1.165, 1.54) is 6.92 Å². The third-order valence-electron chi connectivity index (χ3n) is 2.14. The van der Waals surface area contributed by atoms with Gasteiger partial charge in [-0.05, 0) is 6.92 Å².